The van der Waals surface area contributed by atoms with Crippen LogP contribution in [0.5, 0.6) is 0 Å². The summed E-state index contributed by atoms with van der Waals surface area (Å²) in [4.78, 5) is 19.0. The minimum atomic E-state index is -0.548. The van der Waals surface area contributed by atoms with Crippen molar-refractivity contribution in [3.63, 3.8) is 0 Å². The first-order valence-corrected chi connectivity index (χ1v) is 8.30. The van der Waals surface area contributed by atoms with Crippen molar-refractivity contribution in [2.45, 2.75) is 6.54 Å². The van der Waals surface area contributed by atoms with Crippen molar-refractivity contribution in [2.24, 2.45) is 0 Å². The first-order chi connectivity index (χ1) is 12.6. The van der Waals surface area contributed by atoms with Gasteiger partial charge in [-0.1, -0.05) is 53.5 Å². The number of anilines is 3. The number of hydrogen-bond acceptors (Lipinski definition) is 6. The molecular formula is C17H13Cl2N5O2. The van der Waals surface area contributed by atoms with E-state index in [4.69, 9.17) is 23.2 Å². The highest BCUT2D eigenvalue weighted by Gasteiger charge is 2.23. The molecule has 0 fully saturated rings. The fourth-order valence-electron chi connectivity index (χ4n) is 2.28. The molecule has 0 aliphatic rings. The number of nitro groups is 1. The average Bonchev–Trinajstić information content (AvgIpc) is 2.63. The maximum Gasteiger partial charge on any atom is 0.353 e. The molecule has 0 amide bonds. The van der Waals surface area contributed by atoms with E-state index in [1.54, 1.807) is 30.3 Å². The molecule has 1 aromatic heterocycles. The van der Waals surface area contributed by atoms with Crippen molar-refractivity contribution in [2.75, 3.05) is 10.6 Å². The second kappa shape index (κ2) is 7.99. The molecule has 2 N–H and O–H groups in total. The van der Waals surface area contributed by atoms with Crippen LogP contribution in [0.3, 0.4) is 0 Å². The van der Waals surface area contributed by atoms with E-state index >= 15 is 0 Å². The molecule has 9 heteroatoms. The standard InChI is InChI=1S/C17H13Cl2N5O2/c18-12-6-2-1-5-11(12)9-20-16-15(24(25)26)17(22-10-21-16)23-14-8-4-3-7-13(14)19/h1-8,10H,9H2,(H2,20,21,22,23). The lowest BCUT2D eigenvalue weighted by molar-refractivity contribution is -0.383. The number of aromatic nitrogens is 2. The maximum absolute atomic E-state index is 11.6. The minimum absolute atomic E-state index is 0.0414. The third-order valence-corrected chi connectivity index (χ3v) is 4.23. The summed E-state index contributed by atoms with van der Waals surface area (Å²) in [6.07, 6.45) is 1.24. The van der Waals surface area contributed by atoms with E-state index in [2.05, 4.69) is 20.6 Å². The number of halogens is 2. The lowest BCUT2D eigenvalue weighted by atomic mass is 10.2. The Labute approximate surface area is 159 Å². The van der Waals surface area contributed by atoms with E-state index in [-0.39, 0.29) is 23.9 Å². The fraction of sp³-hybridized carbons (Fsp3) is 0.0588. The third kappa shape index (κ3) is 4.01. The summed E-state index contributed by atoms with van der Waals surface area (Å²) in [5.41, 5.74) is 1.02. The van der Waals surface area contributed by atoms with Crippen molar-refractivity contribution >= 4 is 46.2 Å². The van der Waals surface area contributed by atoms with Crippen molar-refractivity contribution in [1.29, 1.82) is 0 Å². The smallest absolute Gasteiger partial charge is 0.353 e. The minimum Gasteiger partial charge on any atom is -0.360 e. The van der Waals surface area contributed by atoms with Gasteiger partial charge in [0.05, 0.1) is 15.6 Å². The van der Waals surface area contributed by atoms with Gasteiger partial charge in [0, 0.05) is 11.6 Å². The molecule has 26 heavy (non-hydrogen) atoms. The van der Waals surface area contributed by atoms with Crippen molar-refractivity contribution < 1.29 is 4.92 Å². The zero-order valence-corrected chi connectivity index (χ0v) is 14.8. The zero-order chi connectivity index (χ0) is 18.5. The summed E-state index contributed by atoms with van der Waals surface area (Å²) in [7, 11) is 0. The van der Waals surface area contributed by atoms with Gasteiger partial charge in [-0.3, -0.25) is 10.1 Å². The van der Waals surface area contributed by atoms with Gasteiger partial charge < -0.3 is 10.6 Å². The number of nitrogens with one attached hydrogen (secondary N) is 2. The Morgan fingerprint density at radius 3 is 2.31 bits per heavy atom. The molecule has 3 aromatic rings. The van der Waals surface area contributed by atoms with Crippen LogP contribution in [-0.2, 0) is 6.54 Å². The normalized spacial score (nSPS) is 10.4. The molecule has 0 aliphatic carbocycles. The summed E-state index contributed by atoms with van der Waals surface area (Å²) in [6, 6.07) is 14.1. The van der Waals surface area contributed by atoms with Crippen LogP contribution in [0.2, 0.25) is 10.0 Å². The second-order valence-corrected chi connectivity index (χ2v) is 6.04. The Kier molecular flexibility index (Phi) is 5.50. The van der Waals surface area contributed by atoms with Gasteiger partial charge in [0.25, 0.3) is 0 Å². The van der Waals surface area contributed by atoms with Crippen molar-refractivity contribution in [3.8, 4) is 0 Å². The number of rotatable bonds is 6. The van der Waals surface area contributed by atoms with E-state index in [0.717, 1.165) is 5.56 Å². The van der Waals surface area contributed by atoms with Crippen LogP contribution >= 0.6 is 23.2 Å². The SMILES string of the molecule is O=[N+]([O-])c1c(NCc2ccccc2Cl)ncnc1Nc1ccccc1Cl. The molecule has 1 heterocycles. The van der Waals surface area contributed by atoms with Gasteiger partial charge in [0.15, 0.2) is 0 Å². The quantitative estimate of drug-likeness (QED) is 0.452. The average molecular weight is 390 g/mol. The summed E-state index contributed by atoms with van der Waals surface area (Å²) < 4.78 is 0. The van der Waals surface area contributed by atoms with Crippen LogP contribution in [0.4, 0.5) is 23.0 Å². The van der Waals surface area contributed by atoms with Crippen LogP contribution < -0.4 is 10.6 Å². The summed E-state index contributed by atoms with van der Waals surface area (Å²) in [5.74, 6) is 0.124. The molecule has 0 spiro atoms. The van der Waals surface area contributed by atoms with E-state index < -0.39 is 4.92 Å². The van der Waals surface area contributed by atoms with Crippen molar-refractivity contribution in [1.82, 2.24) is 9.97 Å². The Morgan fingerprint density at radius 2 is 1.62 bits per heavy atom. The summed E-state index contributed by atoms with van der Waals surface area (Å²) in [6.45, 7) is 0.281. The Balaban J connectivity index is 1.90. The molecule has 132 valence electrons. The molecule has 0 radical (unpaired) electrons. The highest BCUT2D eigenvalue weighted by Crippen LogP contribution is 2.33. The van der Waals surface area contributed by atoms with Gasteiger partial charge in [-0.05, 0) is 23.8 Å². The number of benzene rings is 2. The molecule has 7 nitrogen and oxygen atoms in total. The molecule has 0 aliphatic heterocycles. The third-order valence-electron chi connectivity index (χ3n) is 3.54. The first kappa shape index (κ1) is 17.9. The largest absolute Gasteiger partial charge is 0.360 e. The zero-order valence-electron chi connectivity index (χ0n) is 13.3. The Morgan fingerprint density at radius 1 is 0.962 bits per heavy atom. The van der Waals surface area contributed by atoms with Gasteiger partial charge in [-0.2, -0.15) is 0 Å². The van der Waals surface area contributed by atoms with Gasteiger partial charge in [0.2, 0.25) is 11.6 Å². The van der Waals surface area contributed by atoms with Crippen molar-refractivity contribution in [3.05, 3.63) is 80.6 Å². The van der Waals surface area contributed by atoms with Gasteiger partial charge in [0.1, 0.15) is 6.33 Å². The molecule has 3 rings (SSSR count). The Bertz CT molecular complexity index is 952. The monoisotopic (exact) mass is 389 g/mol. The predicted molar refractivity (Wildman–Crippen MR) is 102 cm³/mol. The first-order valence-electron chi connectivity index (χ1n) is 7.54. The van der Waals surface area contributed by atoms with Crippen LogP contribution in [0.15, 0.2) is 54.9 Å². The van der Waals surface area contributed by atoms with E-state index in [0.29, 0.717) is 15.7 Å². The van der Waals surface area contributed by atoms with Gasteiger partial charge >= 0.3 is 5.69 Å². The van der Waals surface area contributed by atoms with Crippen LogP contribution in [-0.4, -0.2) is 14.9 Å². The molecule has 2 aromatic carbocycles. The van der Waals surface area contributed by atoms with E-state index in [1.165, 1.54) is 6.33 Å². The lowest BCUT2D eigenvalue weighted by Crippen LogP contribution is -2.08. The number of nitrogens with zero attached hydrogens (tertiary/aromatic N) is 3. The van der Waals surface area contributed by atoms with E-state index in [1.807, 2.05) is 18.2 Å². The topological polar surface area (TPSA) is 93.0 Å². The molecule has 0 saturated carbocycles. The molecule has 0 atom stereocenters. The highest BCUT2D eigenvalue weighted by molar-refractivity contribution is 6.33. The van der Waals surface area contributed by atoms with Gasteiger partial charge in [-0.25, -0.2) is 9.97 Å². The van der Waals surface area contributed by atoms with Crippen LogP contribution in [0, 0.1) is 10.1 Å². The molecular weight excluding hydrogens is 377 g/mol. The summed E-state index contributed by atoms with van der Waals surface area (Å²) in [5, 5.41) is 18.4. The lowest BCUT2D eigenvalue weighted by Gasteiger charge is -2.11. The number of hydrogen-bond donors (Lipinski definition) is 2. The second-order valence-electron chi connectivity index (χ2n) is 5.23. The van der Waals surface area contributed by atoms with Crippen LogP contribution in [0.25, 0.3) is 0 Å². The number of para-hydroxylation sites is 1. The maximum atomic E-state index is 11.6. The van der Waals surface area contributed by atoms with Gasteiger partial charge in [-0.15, -0.1) is 0 Å². The molecule has 0 unspecified atom stereocenters. The van der Waals surface area contributed by atoms with Crippen LogP contribution in [0.1, 0.15) is 5.56 Å². The predicted octanol–water partition coefficient (Wildman–Crippen LogP) is 5.05. The van der Waals surface area contributed by atoms with E-state index in [9.17, 15) is 10.1 Å². The molecule has 0 saturated heterocycles. The summed E-state index contributed by atoms with van der Waals surface area (Å²) >= 11 is 12.2. The Hall–Kier alpha value is -2.90. The molecule has 0 bridgehead atoms. The fourth-order valence-corrected chi connectivity index (χ4v) is 2.67. The highest BCUT2D eigenvalue weighted by atomic mass is 35.5.